The number of ether oxygens (including phenoxy) is 1. The van der Waals surface area contributed by atoms with Crippen LogP contribution < -0.4 is 10.6 Å². The summed E-state index contributed by atoms with van der Waals surface area (Å²) in [5, 5.41) is 14.9. The molecule has 0 spiro atoms. The second-order valence-electron chi connectivity index (χ2n) is 9.97. The molecule has 0 heterocycles. The Bertz CT molecular complexity index is 1000. The van der Waals surface area contributed by atoms with Crippen molar-refractivity contribution >= 4 is 18.0 Å². The Morgan fingerprint density at radius 1 is 0.886 bits per heavy atom. The SMILES string of the molecule is CC(C)CC(CNC(=O)C(CNC(=O)OCC1c2ccccc2-c2ccccc21)C(C)C)C(=O)O. The van der Waals surface area contributed by atoms with Crippen LogP contribution in [0, 0.1) is 23.7 Å². The quantitative estimate of drug-likeness (QED) is 0.434. The van der Waals surface area contributed by atoms with Crippen LogP contribution in [-0.4, -0.2) is 42.8 Å². The predicted octanol–water partition coefficient (Wildman–Crippen LogP) is 4.66. The van der Waals surface area contributed by atoms with Crippen LogP contribution in [0.1, 0.15) is 51.2 Å². The lowest BCUT2D eigenvalue weighted by molar-refractivity contribution is -0.142. The van der Waals surface area contributed by atoms with Crippen molar-refractivity contribution in [1.82, 2.24) is 10.6 Å². The zero-order chi connectivity index (χ0) is 25.5. The molecule has 2 unspecified atom stereocenters. The topological polar surface area (TPSA) is 105 Å². The van der Waals surface area contributed by atoms with Gasteiger partial charge in [-0.2, -0.15) is 0 Å². The molecule has 0 saturated carbocycles. The van der Waals surface area contributed by atoms with E-state index in [2.05, 4.69) is 34.9 Å². The number of nitrogens with one attached hydrogen (secondary N) is 2. The van der Waals surface area contributed by atoms with Gasteiger partial charge in [-0.15, -0.1) is 0 Å². The molecule has 2 atom stereocenters. The Kier molecular flexibility index (Phi) is 8.90. The zero-order valence-electron chi connectivity index (χ0n) is 20.9. The number of fused-ring (bicyclic) bond motifs is 3. The molecular formula is C28H36N2O5. The summed E-state index contributed by atoms with van der Waals surface area (Å²) in [5.74, 6) is -2.19. The van der Waals surface area contributed by atoms with Gasteiger partial charge in [0, 0.05) is 19.0 Å². The molecule has 0 fully saturated rings. The maximum absolute atomic E-state index is 12.8. The molecule has 0 radical (unpaired) electrons. The minimum Gasteiger partial charge on any atom is -0.481 e. The van der Waals surface area contributed by atoms with E-state index >= 15 is 0 Å². The zero-order valence-corrected chi connectivity index (χ0v) is 20.9. The van der Waals surface area contributed by atoms with Gasteiger partial charge in [0.05, 0.1) is 11.8 Å². The second-order valence-corrected chi connectivity index (χ2v) is 9.97. The third-order valence-corrected chi connectivity index (χ3v) is 6.58. The molecule has 2 aromatic rings. The van der Waals surface area contributed by atoms with Gasteiger partial charge in [0.25, 0.3) is 0 Å². The lowest BCUT2D eigenvalue weighted by atomic mass is 9.93. The lowest BCUT2D eigenvalue weighted by Crippen LogP contribution is -2.43. The summed E-state index contributed by atoms with van der Waals surface area (Å²) in [7, 11) is 0. The van der Waals surface area contributed by atoms with Gasteiger partial charge in [-0.1, -0.05) is 76.2 Å². The van der Waals surface area contributed by atoms with Crippen molar-refractivity contribution in [2.45, 2.75) is 40.0 Å². The first-order chi connectivity index (χ1) is 16.7. The number of carboxylic acid groups (broad SMARTS) is 1. The van der Waals surface area contributed by atoms with Gasteiger partial charge in [0.2, 0.25) is 5.91 Å². The molecular weight excluding hydrogens is 444 g/mol. The average molecular weight is 481 g/mol. The molecule has 35 heavy (non-hydrogen) atoms. The van der Waals surface area contributed by atoms with Crippen LogP contribution in [0.25, 0.3) is 11.1 Å². The number of carbonyl (C=O) groups excluding carboxylic acids is 2. The first kappa shape index (κ1) is 26.3. The first-order valence-corrected chi connectivity index (χ1v) is 12.3. The largest absolute Gasteiger partial charge is 0.481 e. The van der Waals surface area contributed by atoms with Gasteiger partial charge >= 0.3 is 12.1 Å². The molecule has 0 saturated heterocycles. The number of carboxylic acids is 1. The van der Waals surface area contributed by atoms with Crippen molar-refractivity contribution in [3.05, 3.63) is 59.7 Å². The monoisotopic (exact) mass is 480 g/mol. The highest BCUT2D eigenvalue weighted by Crippen LogP contribution is 2.44. The van der Waals surface area contributed by atoms with Crippen molar-refractivity contribution in [2.75, 3.05) is 19.7 Å². The standard InChI is InChI=1S/C28H36N2O5/c1-17(2)13-19(27(32)33)14-29-26(31)24(18(3)4)15-30-28(34)35-16-25-22-11-7-5-9-20(22)21-10-6-8-12-23(21)25/h5-12,17-19,24-25H,13-16H2,1-4H3,(H,29,31)(H,30,34)(H,32,33). The summed E-state index contributed by atoms with van der Waals surface area (Å²) < 4.78 is 5.56. The van der Waals surface area contributed by atoms with Gasteiger partial charge in [-0.25, -0.2) is 4.79 Å². The van der Waals surface area contributed by atoms with Crippen molar-refractivity contribution in [3.63, 3.8) is 0 Å². The van der Waals surface area contributed by atoms with Gasteiger partial charge in [-0.3, -0.25) is 9.59 Å². The highest BCUT2D eigenvalue weighted by atomic mass is 16.5. The molecule has 1 aliphatic rings. The van der Waals surface area contributed by atoms with Crippen molar-refractivity contribution in [2.24, 2.45) is 23.7 Å². The second kappa shape index (κ2) is 11.9. The van der Waals surface area contributed by atoms with Crippen molar-refractivity contribution in [3.8, 4) is 11.1 Å². The third kappa shape index (κ3) is 6.62. The van der Waals surface area contributed by atoms with Crippen LogP contribution in [0.2, 0.25) is 0 Å². The smallest absolute Gasteiger partial charge is 0.407 e. The summed E-state index contributed by atoms with van der Waals surface area (Å²) in [4.78, 5) is 36.7. The highest BCUT2D eigenvalue weighted by Gasteiger charge is 2.30. The molecule has 7 nitrogen and oxygen atoms in total. The van der Waals surface area contributed by atoms with E-state index in [9.17, 15) is 19.5 Å². The minimum atomic E-state index is -0.920. The Morgan fingerprint density at radius 2 is 1.46 bits per heavy atom. The van der Waals surface area contributed by atoms with Crippen LogP contribution in [0.15, 0.2) is 48.5 Å². The van der Waals surface area contributed by atoms with E-state index in [1.165, 1.54) is 0 Å². The summed E-state index contributed by atoms with van der Waals surface area (Å²) in [6.45, 7) is 8.08. The van der Waals surface area contributed by atoms with E-state index in [0.29, 0.717) is 6.42 Å². The Labute approximate surface area is 207 Å². The lowest BCUT2D eigenvalue weighted by Gasteiger charge is -2.22. The van der Waals surface area contributed by atoms with E-state index in [4.69, 9.17) is 4.74 Å². The van der Waals surface area contributed by atoms with Gasteiger partial charge in [0.15, 0.2) is 0 Å². The third-order valence-electron chi connectivity index (χ3n) is 6.58. The van der Waals surface area contributed by atoms with Crippen LogP contribution in [-0.2, 0) is 14.3 Å². The van der Waals surface area contributed by atoms with Crippen molar-refractivity contribution in [1.29, 1.82) is 0 Å². The molecule has 0 aromatic heterocycles. The molecule has 0 aliphatic heterocycles. The first-order valence-electron chi connectivity index (χ1n) is 12.3. The summed E-state index contributed by atoms with van der Waals surface area (Å²) in [5.41, 5.74) is 4.59. The van der Waals surface area contributed by atoms with Gasteiger partial charge in [-0.05, 0) is 40.5 Å². The number of hydrogen-bond acceptors (Lipinski definition) is 4. The molecule has 0 bridgehead atoms. The van der Waals surface area contributed by atoms with E-state index in [1.807, 2.05) is 52.0 Å². The molecule has 3 N–H and O–H groups in total. The van der Waals surface area contributed by atoms with Crippen LogP contribution in [0.3, 0.4) is 0 Å². The van der Waals surface area contributed by atoms with E-state index < -0.39 is 23.9 Å². The van der Waals surface area contributed by atoms with Gasteiger partial charge < -0.3 is 20.5 Å². The fraction of sp³-hybridized carbons (Fsp3) is 0.464. The number of carbonyl (C=O) groups is 3. The molecule has 1 aliphatic carbocycles. The molecule has 2 aromatic carbocycles. The van der Waals surface area contributed by atoms with E-state index in [0.717, 1.165) is 22.3 Å². The minimum absolute atomic E-state index is 0.0359. The molecule has 3 rings (SSSR count). The number of amides is 2. The summed E-state index contributed by atoms with van der Waals surface area (Å²) in [6.07, 6.45) is -0.0894. The Hall–Kier alpha value is -3.35. The van der Waals surface area contributed by atoms with Gasteiger partial charge in [0.1, 0.15) is 6.61 Å². The number of aliphatic carboxylic acids is 1. The Balaban J connectivity index is 1.54. The predicted molar refractivity (Wildman–Crippen MR) is 135 cm³/mol. The normalized spacial score (nSPS) is 14.2. The number of rotatable bonds is 11. The maximum Gasteiger partial charge on any atom is 0.407 e. The number of benzene rings is 2. The van der Waals surface area contributed by atoms with Crippen LogP contribution >= 0.6 is 0 Å². The maximum atomic E-state index is 12.8. The summed E-state index contributed by atoms with van der Waals surface area (Å²) >= 11 is 0. The molecule has 2 amide bonds. The number of hydrogen-bond donors (Lipinski definition) is 3. The fourth-order valence-corrected chi connectivity index (χ4v) is 4.67. The van der Waals surface area contributed by atoms with Crippen LogP contribution in [0.4, 0.5) is 4.79 Å². The average Bonchev–Trinajstić information content (AvgIpc) is 3.13. The molecule has 188 valence electrons. The van der Waals surface area contributed by atoms with Crippen molar-refractivity contribution < 1.29 is 24.2 Å². The number of alkyl carbamates (subject to hydrolysis) is 1. The summed E-state index contributed by atoms with van der Waals surface area (Å²) in [6, 6.07) is 16.3. The fourth-order valence-electron chi connectivity index (χ4n) is 4.67. The van der Waals surface area contributed by atoms with E-state index in [1.54, 1.807) is 0 Å². The Morgan fingerprint density at radius 3 is 1.97 bits per heavy atom. The van der Waals surface area contributed by atoms with E-state index in [-0.39, 0.29) is 43.4 Å². The van der Waals surface area contributed by atoms with Crippen LogP contribution in [0.5, 0.6) is 0 Å². The highest BCUT2D eigenvalue weighted by molar-refractivity contribution is 5.81. The molecule has 7 heteroatoms.